The molecular weight excluding hydrogens is 247 g/mol. The Labute approximate surface area is 105 Å². The van der Waals surface area contributed by atoms with Gasteiger partial charge in [-0.05, 0) is 13.8 Å². The molecule has 0 unspecified atom stereocenters. The first kappa shape index (κ1) is 15.7. The smallest absolute Gasteiger partial charge is 1.00 e. The molecule has 13 heavy (non-hydrogen) atoms. The van der Waals surface area contributed by atoms with Gasteiger partial charge in [0.25, 0.3) is 0 Å². The molecule has 1 aromatic carbocycles. The van der Waals surface area contributed by atoms with Crippen LogP contribution in [0.5, 0.6) is 5.75 Å². The Morgan fingerprint density at radius 2 is 2.08 bits per heavy atom. The zero-order chi connectivity index (χ0) is 8.27. The molecule has 0 saturated heterocycles. The van der Waals surface area contributed by atoms with E-state index in [-0.39, 0.29) is 52.0 Å². The number of ether oxygens (including phenoxy) is 1. The van der Waals surface area contributed by atoms with Crippen molar-refractivity contribution in [1.29, 1.82) is 0 Å². The van der Waals surface area contributed by atoms with Crippen LogP contribution in [0.2, 0.25) is 0 Å². The summed E-state index contributed by atoms with van der Waals surface area (Å²) < 4.78 is 17.7. The van der Waals surface area contributed by atoms with Crippen LogP contribution in [0.1, 0.15) is 13.8 Å². The van der Waals surface area contributed by atoms with Crippen molar-refractivity contribution in [3.8, 4) is 5.75 Å². The predicted molar refractivity (Wildman–Crippen MR) is 46.8 cm³/mol. The molecule has 1 nitrogen and oxygen atoms in total. The second kappa shape index (κ2) is 7.59. The topological polar surface area (TPSA) is 9.23 Å². The van der Waals surface area contributed by atoms with Crippen molar-refractivity contribution in [2.75, 3.05) is 0 Å². The third-order valence-electron chi connectivity index (χ3n) is 1.10. The molecule has 0 fully saturated rings. The van der Waals surface area contributed by atoms with E-state index in [0.29, 0.717) is 5.75 Å². The molecule has 4 heteroatoms. The van der Waals surface area contributed by atoms with E-state index in [1.54, 1.807) is 0 Å². The van der Waals surface area contributed by atoms with Crippen molar-refractivity contribution in [2.45, 2.75) is 20.0 Å². The van der Waals surface area contributed by atoms with Crippen LogP contribution >= 0.6 is 0 Å². The Hall–Kier alpha value is 0.196. The average Bonchev–Trinajstić information content (AvgIpc) is 1.85. The maximum Gasteiger partial charge on any atom is 2.00 e. The standard InChI is InChI=1S/C9H10FO.BrH.Mg/c1-7(2)11-9-5-3-4-8(10)6-9;;/h3-4,6-7H,1-2H3;1H;/q-1;;+2/p-1. The third-order valence-corrected chi connectivity index (χ3v) is 1.10. The van der Waals surface area contributed by atoms with Gasteiger partial charge in [0, 0.05) is 11.6 Å². The van der Waals surface area contributed by atoms with Gasteiger partial charge in [-0.1, -0.05) is 6.07 Å². The minimum atomic E-state index is -0.292. The first-order valence-corrected chi connectivity index (χ1v) is 3.52. The molecule has 0 aliphatic heterocycles. The minimum absolute atomic E-state index is 0. The van der Waals surface area contributed by atoms with Gasteiger partial charge < -0.3 is 21.7 Å². The Morgan fingerprint density at radius 3 is 2.54 bits per heavy atom. The van der Waals surface area contributed by atoms with E-state index in [1.807, 2.05) is 13.8 Å². The maximum atomic E-state index is 12.5. The first-order valence-electron chi connectivity index (χ1n) is 3.52. The first-order chi connectivity index (χ1) is 5.18. The van der Waals surface area contributed by atoms with E-state index in [0.717, 1.165) is 0 Å². The van der Waals surface area contributed by atoms with Gasteiger partial charge in [-0.2, -0.15) is 6.07 Å². The quantitative estimate of drug-likeness (QED) is 0.490. The number of hydrogen-bond acceptors (Lipinski definition) is 1. The van der Waals surface area contributed by atoms with Crippen LogP contribution in [0, 0.1) is 11.9 Å². The van der Waals surface area contributed by atoms with E-state index < -0.39 is 0 Å². The largest absolute Gasteiger partial charge is 2.00 e. The Kier molecular flexibility index (Phi) is 9.14. The van der Waals surface area contributed by atoms with Gasteiger partial charge in [-0.25, -0.2) is 4.39 Å². The summed E-state index contributed by atoms with van der Waals surface area (Å²) in [4.78, 5) is 0. The predicted octanol–water partition coefficient (Wildman–Crippen LogP) is -0.964. The van der Waals surface area contributed by atoms with Crippen LogP contribution in [-0.2, 0) is 0 Å². The molecule has 0 amide bonds. The molecule has 0 aliphatic rings. The number of benzene rings is 1. The van der Waals surface area contributed by atoms with E-state index in [9.17, 15) is 4.39 Å². The molecule has 0 aromatic heterocycles. The zero-order valence-corrected chi connectivity index (χ0v) is 10.7. The molecule has 0 spiro atoms. The molecule has 1 rings (SSSR count). The Morgan fingerprint density at radius 1 is 1.46 bits per heavy atom. The van der Waals surface area contributed by atoms with E-state index in [1.165, 1.54) is 18.2 Å². The zero-order valence-electron chi connectivity index (χ0n) is 7.68. The Balaban J connectivity index is 0. The number of rotatable bonds is 2. The van der Waals surface area contributed by atoms with Gasteiger partial charge in [0.15, 0.2) is 0 Å². The van der Waals surface area contributed by atoms with Crippen LogP contribution in [0.15, 0.2) is 18.2 Å². The minimum Gasteiger partial charge on any atom is -1.00 e. The van der Waals surface area contributed by atoms with Gasteiger partial charge in [0.1, 0.15) is 0 Å². The van der Waals surface area contributed by atoms with Crippen molar-refractivity contribution in [3.05, 3.63) is 30.1 Å². The molecule has 0 saturated carbocycles. The fraction of sp³-hybridized carbons (Fsp3) is 0.333. The van der Waals surface area contributed by atoms with Crippen molar-refractivity contribution in [2.24, 2.45) is 0 Å². The summed E-state index contributed by atoms with van der Waals surface area (Å²) in [7, 11) is 0. The molecular formula is C9H10BrFMgO. The molecule has 0 bridgehead atoms. The van der Waals surface area contributed by atoms with E-state index in [4.69, 9.17) is 4.74 Å². The van der Waals surface area contributed by atoms with Crippen molar-refractivity contribution in [1.82, 2.24) is 0 Å². The normalized spacial score (nSPS) is 8.62. The molecule has 68 valence electrons. The summed E-state index contributed by atoms with van der Waals surface area (Å²) in [5, 5.41) is 0. The van der Waals surface area contributed by atoms with Gasteiger partial charge in [-0.3, -0.25) is 0 Å². The Bertz CT molecular complexity index is 243. The summed E-state index contributed by atoms with van der Waals surface area (Å²) in [5.41, 5.74) is 0. The molecule has 0 heterocycles. The monoisotopic (exact) mass is 256 g/mol. The molecule has 0 radical (unpaired) electrons. The second-order valence-corrected chi connectivity index (χ2v) is 2.54. The maximum absolute atomic E-state index is 12.5. The van der Waals surface area contributed by atoms with Gasteiger partial charge in [0.2, 0.25) is 0 Å². The fourth-order valence-corrected chi connectivity index (χ4v) is 0.740. The van der Waals surface area contributed by atoms with Crippen LogP contribution in [-0.4, -0.2) is 29.2 Å². The van der Waals surface area contributed by atoms with Crippen LogP contribution in [0.25, 0.3) is 0 Å². The van der Waals surface area contributed by atoms with Gasteiger partial charge in [-0.15, -0.1) is 12.1 Å². The van der Waals surface area contributed by atoms with Crippen LogP contribution in [0.4, 0.5) is 4.39 Å². The molecule has 0 atom stereocenters. The van der Waals surface area contributed by atoms with Gasteiger partial charge >= 0.3 is 23.1 Å². The van der Waals surface area contributed by atoms with Crippen LogP contribution < -0.4 is 21.7 Å². The number of halogens is 2. The third kappa shape index (κ3) is 6.29. The molecule has 0 N–H and O–H groups in total. The summed E-state index contributed by atoms with van der Waals surface area (Å²) in [6.45, 7) is 3.78. The summed E-state index contributed by atoms with van der Waals surface area (Å²) in [6, 6.07) is 6.95. The van der Waals surface area contributed by atoms with Crippen molar-refractivity contribution in [3.63, 3.8) is 0 Å². The molecule has 1 aromatic rings. The van der Waals surface area contributed by atoms with Crippen LogP contribution in [0.3, 0.4) is 0 Å². The SMILES string of the molecule is CC(C)Oc1[c-]ccc(F)c1.[Br-].[Mg+2]. The average molecular weight is 257 g/mol. The van der Waals surface area contributed by atoms with Crippen molar-refractivity contribution < 1.29 is 26.1 Å². The van der Waals surface area contributed by atoms with Gasteiger partial charge in [0.05, 0.1) is 6.10 Å². The van der Waals surface area contributed by atoms with E-state index >= 15 is 0 Å². The summed E-state index contributed by atoms with van der Waals surface area (Å²) >= 11 is 0. The fourth-order valence-electron chi connectivity index (χ4n) is 0.740. The summed E-state index contributed by atoms with van der Waals surface area (Å²) in [6.07, 6.45) is 0.0630. The van der Waals surface area contributed by atoms with Crippen molar-refractivity contribution >= 4 is 23.1 Å². The van der Waals surface area contributed by atoms with E-state index in [2.05, 4.69) is 6.07 Å². The molecule has 0 aliphatic carbocycles. The number of hydrogen-bond donors (Lipinski definition) is 0. The summed E-state index contributed by atoms with van der Waals surface area (Å²) in [5.74, 6) is 0.166. The second-order valence-electron chi connectivity index (χ2n) is 2.54.